The van der Waals surface area contributed by atoms with Crippen molar-refractivity contribution in [3.8, 4) is 0 Å². The molecule has 126 valence electrons. The minimum atomic E-state index is -0.826. The van der Waals surface area contributed by atoms with Crippen molar-refractivity contribution in [3.05, 3.63) is 30.1 Å². The fourth-order valence-electron chi connectivity index (χ4n) is 3.10. The van der Waals surface area contributed by atoms with Crippen molar-refractivity contribution in [1.82, 2.24) is 5.32 Å². The number of nitrogens with one attached hydrogen (secondary N) is 2. The van der Waals surface area contributed by atoms with Crippen molar-refractivity contribution in [3.63, 3.8) is 0 Å². The second-order valence-electron chi connectivity index (χ2n) is 7.32. The second-order valence-corrected chi connectivity index (χ2v) is 7.32. The Hall–Kier alpha value is -1.91. The molecule has 2 amide bonds. The monoisotopic (exact) mass is 320 g/mol. The number of amides is 2. The number of rotatable bonds is 2. The summed E-state index contributed by atoms with van der Waals surface area (Å²) in [6, 6.07) is 5.81. The molecule has 4 nitrogen and oxygen atoms in total. The maximum absolute atomic E-state index is 13.5. The molecule has 0 atom stereocenters. The maximum Gasteiger partial charge on any atom is 0.313 e. The first kappa shape index (κ1) is 17.4. The summed E-state index contributed by atoms with van der Waals surface area (Å²) in [6.45, 7) is 6.70. The molecule has 1 aromatic rings. The van der Waals surface area contributed by atoms with Crippen LogP contribution in [-0.4, -0.2) is 17.9 Å². The predicted molar refractivity (Wildman–Crippen MR) is 88.4 cm³/mol. The molecular weight excluding hydrogens is 295 g/mol. The van der Waals surface area contributed by atoms with Crippen LogP contribution in [0.15, 0.2) is 24.3 Å². The van der Waals surface area contributed by atoms with E-state index in [1.54, 1.807) is 6.07 Å². The predicted octanol–water partition coefficient (Wildman–Crippen LogP) is 3.49. The van der Waals surface area contributed by atoms with Gasteiger partial charge in [0.15, 0.2) is 0 Å². The van der Waals surface area contributed by atoms with Crippen LogP contribution in [-0.2, 0) is 9.59 Å². The van der Waals surface area contributed by atoms with Gasteiger partial charge >= 0.3 is 11.8 Å². The zero-order valence-electron chi connectivity index (χ0n) is 14.0. The van der Waals surface area contributed by atoms with E-state index in [1.165, 1.54) is 18.2 Å². The third kappa shape index (κ3) is 4.78. The Morgan fingerprint density at radius 1 is 1.04 bits per heavy atom. The standard InChI is InChI=1S/C18H25FN2O2/c1-18(2,3)12-8-10-13(11-9-12)20-16(22)17(23)21-15-7-5-4-6-14(15)19/h4-7,12-13H,8-11H2,1-3H3,(H,20,22)(H,21,23). The van der Waals surface area contributed by atoms with Crippen LogP contribution < -0.4 is 10.6 Å². The van der Waals surface area contributed by atoms with Crippen molar-refractivity contribution < 1.29 is 14.0 Å². The Morgan fingerprint density at radius 3 is 2.22 bits per heavy atom. The Morgan fingerprint density at radius 2 is 1.65 bits per heavy atom. The van der Waals surface area contributed by atoms with Gasteiger partial charge in [-0.3, -0.25) is 9.59 Å². The van der Waals surface area contributed by atoms with Crippen LogP contribution in [0.2, 0.25) is 0 Å². The van der Waals surface area contributed by atoms with Gasteiger partial charge in [-0.25, -0.2) is 4.39 Å². The molecule has 0 aliphatic heterocycles. The van der Waals surface area contributed by atoms with Crippen molar-refractivity contribution in [2.24, 2.45) is 11.3 Å². The van der Waals surface area contributed by atoms with E-state index >= 15 is 0 Å². The summed E-state index contributed by atoms with van der Waals surface area (Å²) in [7, 11) is 0. The topological polar surface area (TPSA) is 58.2 Å². The highest BCUT2D eigenvalue weighted by molar-refractivity contribution is 6.39. The highest BCUT2D eigenvalue weighted by Gasteiger charge is 2.31. The largest absolute Gasteiger partial charge is 0.345 e. The lowest BCUT2D eigenvalue weighted by Crippen LogP contribution is -2.44. The van der Waals surface area contributed by atoms with Gasteiger partial charge in [-0.05, 0) is 49.1 Å². The van der Waals surface area contributed by atoms with Crippen LogP contribution in [0.3, 0.4) is 0 Å². The number of hydrogen-bond acceptors (Lipinski definition) is 2. The minimum Gasteiger partial charge on any atom is -0.345 e. The van der Waals surface area contributed by atoms with Crippen molar-refractivity contribution in [2.45, 2.75) is 52.5 Å². The van der Waals surface area contributed by atoms with E-state index in [1.807, 2.05) is 0 Å². The molecule has 0 heterocycles. The quantitative estimate of drug-likeness (QED) is 0.820. The Balaban J connectivity index is 1.83. The molecule has 1 aromatic carbocycles. The molecule has 0 aromatic heterocycles. The second kappa shape index (κ2) is 7.11. The van der Waals surface area contributed by atoms with E-state index in [0.29, 0.717) is 5.92 Å². The third-order valence-corrected chi connectivity index (χ3v) is 4.62. The van der Waals surface area contributed by atoms with E-state index < -0.39 is 17.6 Å². The van der Waals surface area contributed by atoms with Gasteiger partial charge in [0.1, 0.15) is 5.82 Å². The lowest BCUT2D eigenvalue weighted by molar-refractivity contribution is -0.136. The van der Waals surface area contributed by atoms with Crippen molar-refractivity contribution in [2.75, 3.05) is 5.32 Å². The van der Waals surface area contributed by atoms with Gasteiger partial charge in [-0.1, -0.05) is 32.9 Å². The first-order chi connectivity index (χ1) is 10.8. The summed E-state index contributed by atoms with van der Waals surface area (Å²) in [5.74, 6) is -1.44. The zero-order chi connectivity index (χ0) is 17.0. The lowest BCUT2D eigenvalue weighted by atomic mass is 9.71. The number of hydrogen-bond donors (Lipinski definition) is 2. The fourth-order valence-corrected chi connectivity index (χ4v) is 3.10. The number of para-hydroxylation sites is 1. The summed E-state index contributed by atoms with van der Waals surface area (Å²) in [5.41, 5.74) is 0.293. The highest BCUT2D eigenvalue weighted by Crippen LogP contribution is 2.37. The lowest BCUT2D eigenvalue weighted by Gasteiger charge is -2.37. The number of halogens is 1. The van der Waals surface area contributed by atoms with Crippen LogP contribution in [0.5, 0.6) is 0 Å². The molecule has 23 heavy (non-hydrogen) atoms. The molecule has 0 bridgehead atoms. The smallest absolute Gasteiger partial charge is 0.313 e. The molecule has 1 fully saturated rings. The molecule has 1 saturated carbocycles. The van der Waals surface area contributed by atoms with E-state index in [4.69, 9.17) is 0 Å². The fraction of sp³-hybridized carbons (Fsp3) is 0.556. The maximum atomic E-state index is 13.5. The van der Waals surface area contributed by atoms with Crippen LogP contribution >= 0.6 is 0 Å². The zero-order valence-corrected chi connectivity index (χ0v) is 14.0. The summed E-state index contributed by atoms with van der Waals surface area (Å²) >= 11 is 0. The number of carbonyl (C=O) groups is 2. The summed E-state index contributed by atoms with van der Waals surface area (Å²) in [4.78, 5) is 23.8. The van der Waals surface area contributed by atoms with Crippen molar-refractivity contribution in [1.29, 1.82) is 0 Å². The first-order valence-electron chi connectivity index (χ1n) is 8.13. The molecule has 2 rings (SSSR count). The van der Waals surface area contributed by atoms with Crippen LogP contribution in [0, 0.1) is 17.2 Å². The molecule has 5 heteroatoms. The summed E-state index contributed by atoms with van der Waals surface area (Å²) in [5, 5.41) is 5.06. The SMILES string of the molecule is CC(C)(C)C1CCC(NC(=O)C(=O)Nc2ccccc2F)CC1. The molecule has 1 aliphatic carbocycles. The number of carbonyl (C=O) groups excluding carboxylic acids is 2. The molecule has 0 unspecified atom stereocenters. The van der Waals surface area contributed by atoms with Crippen LogP contribution in [0.25, 0.3) is 0 Å². The molecule has 1 aliphatic rings. The molecule has 0 saturated heterocycles. The average molecular weight is 320 g/mol. The number of anilines is 1. The number of benzene rings is 1. The summed E-state index contributed by atoms with van der Waals surface area (Å²) in [6.07, 6.45) is 3.84. The first-order valence-corrected chi connectivity index (χ1v) is 8.13. The van der Waals surface area contributed by atoms with Crippen LogP contribution in [0.4, 0.5) is 10.1 Å². The van der Waals surface area contributed by atoms with Crippen molar-refractivity contribution >= 4 is 17.5 Å². The molecule has 0 radical (unpaired) electrons. The molecular formula is C18H25FN2O2. The van der Waals surface area contributed by atoms with E-state index in [-0.39, 0.29) is 17.1 Å². The van der Waals surface area contributed by atoms with Gasteiger partial charge in [0.05, 0.1) is 5.69 Å². The molecule has 0 spiro atoms. The Bertz CT molecular complexity index is 573. The average Bonchev–Trinajstić information content (AvgIpc) is 2.49. The summed E-state index contributed by atoms with van der Waals surface area (Å²) < 4.78 is 13.5. The van der Waals surface area contributed by atoms with Gasteiger partial charge in [0.2, 0.25) is 0 Å². The van der Waals surface area contributed by atoms with E-state index in [2.05, 4.69) is 31.4 Å². The highest BCUT2D eigenvalue weighted by atomic mass is 19.1. The van der Waals surface area contributed by atoms with E-state index in [0.717, 1.165) is 25.7 Å². The normalized spacial score (nSPS) is 21.6. The van der Waals surface area contributed by atoms with Gasteiger partial charge < -0.3 is 10.6 Å². The van der Waals surface area contributed by atoms with Gasteiger partial charge in [-0.15, -0.1) is 0 Å². The van der Waals surface area contributed by atoms with Crippen LogP contribution in [0.1, 0.15) is 46.5 Å². The van der Waals surface area contributed by atoms with Gasteiger partial charge in [0, 0.05) is 6.04 Å². The Kier molecular flexibility index (Phi) is 5.39. The minimum absolute atomic E-state index is 0.0177. The molecule has 2 N–H and O–H groups in total. The van der Waals surface area contributed by atoms with E-state index in [9.17, 15) is 14.0 Å². The third-order valence-electron chi connectivity index (χ3n) is 4.62. The Labute approximate surface area is 136 Å². The van der Waals surface area contributed by atoms with Gasteiger partial charge in [0.25, 0.3) is 0 Å². The van der Waals surface area contributed by atoms with Gasteiger partial charge in [-0.2, -0.15) is 0 Å².